The number of H-pyrrole nitrogens is 1. The molecule has 0 saturated heterocycles. The van der Waals surface area contributed by atoms with E-state index >= 15 is 0 Å². The summed E-state index contributed by atoms with van der Waals surface area (Å²) < 4.78 is 0. The van der Waals surface area contributed by atoms with Crippen LogP contribution in [0.25, 0.3) is 22.7 Å². The number of benzene rings is 2. The predicted octanol–water partition coefficient (Wildman–Crippen LogP) is 4.12. The molecule has 2 aromatic heterocycles. The van der Waals surface area contributed by atoms with Crippen LogP contribution in [0.15, 0.2) is 79.0 Å². The Morgan fingerprint density at radius 1 is 0.933 bits per heavy atom. The summed E-state index contributed by atoms with van der Waals surface area (Å²) in [6, 6.07) is 21.7. The van der Waals surface area contributed by atoms with Crippen molar-refractivity contribution < 1.29 is 14.7 Å². The van der Waals surface area contributed by atoms with Crippen molar-refractivity contribution >= 4 is 34.6 Å². The zero-order valence-electron chi connectivity index (χ0n) is 16.0. The normalized spacial score (nSPS) is 11.4. The van der Waals surface area contributed by atoms with Crippen LogP contribution in [0.3, 0.4) is 0 Å². The molecule has 6 nitrogen and oxygen atoms in total. The van der Waals surface area contributed by atoms with E-state index in [-0.39, 0.29) is 18.0 Å². The first-order valence-electron chi connectivity index (χ1n) is 9.42. The highest BCUT2D eigenvalue weighted by Crippen LogP contribution is 2.24. The molecule has 1 amide bonds. The van der Waals surface area contributed by atoms with E-state index in [0.717, 1.165) is 10.9 Å². The van der Waals surface area contributed by atoms with Gasteiger partial charge in [0.15, 0.2) is 0 Å². The predicted molar refractivity (Wildman–Crippen MR) is 116 cm³/mol. The maximum atomic E-state index is 12.2. The highest BCUT2D eigenvalue weighted by molar-refractivity contribution is 6.21. The highest BCUT2D eigenvalue weighted by Gasteiger charge is 2.13. The number of carbonyl (C=O) groups is 2. The molecule has 0 bridgehead atoms. The van der Waals surface area contributed by atoms with Gasteiger partial charge >= 0.3 is 5.97 Å². The molecule has 2 heterocycles. The van der Waals surface area contributed by atoms with Gasteiger partial charge in [-0.25, -0.2) is 9.78 Å². The van der Waals surface area contributed by atoms with E-state index in [1.165, 1.54) is 0 Å². The molecule has 4 aromatic rings. The number of hydrogen-bond acceptors (Lipinski definition) is 3. The lowest BCUT2D eigenvalue weighted by atomic mass is 10.0. The Morgan fingerprint density at radius 3 is 2.27 bits per heavy atom. The minimum Gasteiger partial charge on any atom is -0.478 e. The molecular weight excluding hydrogens is 378 g/mol. The lowest BCUT2D eigenvalue weighted by Crippen LogP contribution is -2.23. The third kappa shape index (κ3) is 4.12. The molecule has 0 aliphatic rings. The fourth-order valence-corrected chi connectivity index (χ4v) is 3.19. The Kier molecular flexibility index (Phi) is 5.39. The van der Waals surface area contributed by atoms with Crippen molar-refractivity contribution in [3.05, 3.63) is 101 Å². The molecule has 0 aliphatic carbocycles. The fraction of sp³-hybridized carbons (Fsp3) is 0.0417. The Morgan fingerprint density at radius 2 is 1.60 bits per heavy atom. The van der Waals surface area contributed by atoms with Crippen molar-refractivity contribution in [2.45, 2.75) is 6.54 Å². The van der Waals surface area contributed by atoms with Gasteiger partial charge in [0.25, 0.3) is 5.91 Å². The van der Waals surface area contributed by atoms with Gasteiger partial charge in [-0.2, -0.15) is 0 Å². The number of aliphatic carboxylic acids is 1. The molecule has 0 spiro atoms. The number of pyridine rings is 1. The molecule has 3 N–H and O–H groups in total. The Hall–Kier alpha value is -4.19. The van der Waals surface area contributed by atoms with Gasteiger partial charge in [0.05, 0.1) is 17.8 Å². The zero-order chi connectivity index (χ0) is 20.9. The first kappa shape index (κ1) is 19.1. The third-order valence-corrected chi connectivity index (χ3v) is 4.71. The molecule has 6 heteroatoms. The molecular formula is C24H19N3O3. The smallest absolute Gasteiger partial charge is 0.336 e. The van der Waals surface area contributed by atoms with Crippen LogP contribution in [0.1, 0.15) is 27.2 Å². The topological polar surface area (TPSA) is 95.1 Å². The number of aromatic nitrogens is 2. The molecule has 4 rings (SSSR count). The molecule has 0 unspecified atom stereocenters. The minimum absolute atomic E-state index is 0.165. The highest BCUT2D eigenvalue weighted by atomic mass is 16.4. The van der Waals surface area contributed by atoms with Gasteiger partial charge in [-0.15, -0.1) is 0 Å². The number of rotatable bonds is 6. The van der Waals surface area contributed by atoms with E-state index in [2.05, 4.69) is 15.3 Å². The summed E-state index contributed by atoms with van der Waals surface area (Å²) in [4.78, 5) is 31.6. The maximum Gasteiger partial charge on any atom is 0.336 e. The minimum atomic E-state index is -0.997. The summed E-state index contributed by atoms with van der Waals surface area (Å²) in [5, 5.41) is 13.3. The Labute approximate surface area is 172 Å². The first-order chi connectivity index (χ1) is 14.6. The second-order valence-corrected chi connectivity index (χ2v) is 6.72. The van der Waals surface area contributed by atoms with Crippen molar-refractivity contribution in [1.82, 2.24) is 15.3 Å². The lowest BCUT2D eigenvalue weighted by Gasteiger charge is -2.05. The molecule has 30 heavy (non-hydrogen) atoms. The van der Waals surface area contributed by atoms with Crippen LogP contribution in [0.5, 0.6) is 0 Å². The summed E-state index contributed by atoms with van der Waals surface area (Å²) in [7, 11) is 0. The molecule has 0 aliphatic heterocycles. The maximum absolute atomic E-state index is 12.2. The van der Waals surface area contributed by atoms with Gasteiger partial charge in [-0.1, -0.05) is 48.5 Å². The number of carbonyl (C=O) groups excluding carboxylic acids is 1. The zero-order valence-corrected chi connectivity index (χ0v) is 16.0. The van der Waals surface area contributed by atoms with E-state index in [0.29, 0.717) is 22.5 Å². The average Bonchev–Trinajstić information content (AvgIpc) is 3.18. The Bertz CT molecular complexity index is 1230. The lowest BCUT2D eigenvalue weighted by molar-refractivity contribution is -0.130. The molecule has 0 atom stereocenters. The van der Waals surface area contributed by atoms with Crippen LogP contribution in [-0.2, 0) is 11.3 Å². The van der Waals surface area contributed by atoms with Crippen molar-refractivity contribution in [2.24, 2.45) is 0 Å². The van der Waals surface area contributed by atoms with Gasteiger partial charge < -0.3 is 15.4 Å². The van der Waals surface area contributed by atoms with Crippen LogP contribution < -0.4 is 5.32 Å². The van der Waals surface area contributed by atoms with Gasteiger partial charge in [0.2, 0.25) is 0 Å². The monoisotopic (exact) mass is 397 g/mol. The van der Waals surface area contributed by atoms with E-state index in [1.54, 1.807) is 48.7 Å². The second kappa shape index (κ2) is 8.45. The van der Waals surface area contributed by atoms with Crippen LogP contribution in [0.4, 0.5) is 0 Å². The van der Waals surface area contributed by atoms with Crippen LogP contribution in [-0.4, -0.2) is 27.0 Å². The average molecular weight is 397 g/mol. The second-order valence-electron chi connectivity index (χ2n) is 6.72. The van der Waals surface area contributed by atoms with Gasteiger partial charge in [-0.05, 0) is 35.9 Å². The number of carboxylic acid groups (broad SMARTS) is 1. The number of amides is 1. The number of nitrogens with one attached hydrogen (secondary N) is 2. The molecule has 0 radical (unpaired) electrons. The van der Waals surface area contributed by atoms with Crippen LogP contribution in [0, 0.1) is 0 Å². The van der Waals surface area contributed by atoms with Crippen LogP contribution >= 0.6 is 0 Å². The van der Waals surface area contributed by atoms with Gasteiger partial charge in [0, 0.05) is 22.7 Å². The van der Waals surface area contributed by atoms with E-state index in [1.807, 2.05) is 36.4 Å². The van der Waals surface area contributed by atoms with Crippen LogP contribution in [0.2, 0.25) is 0 Å². The van der Waals surface area contributed by atoms with Crippen molar-refractivity contribution in [1.29, 1.82) is 0 Å². The summed E-state index contributed by atoms with van der Waals surface area (Å²) >= 11 is 0. The number of carboxylic acids is 1. The molecule has 0 fully saturated rings. The van der Waals surface area contributed by atoms with E-state index in [9.17, 15) is 14.7 Å². The van der Waals surface area contributed by atoms with Crippen molar-refractivity contribution in [3.8, 4) is 0 Å². The van der Waals surface area contributed by atoms with Crippen molar-refractivity contribution in [3.63, 3.8) is 0 Å². The fourth-order valence-electron chi connectivity index (χ4n) is 3.19. The van der Waals surface area contributed by atoms with Gasteiger partial charge in [-0.3, -0.25) is 4.79 Å². The quantitative estimate of drug-likeness (QED) is 0.427. The summed E-state index contributed by atoms with van der Waals surface area (Å²) in [5.41, 5.74) is 3.49. The summed E-state index contributed by atoms with van der Waals surface area (Å²) in [5.74, 6) is -1.16. The number of nitrogens with zero attached hydrogens (tertiary/aromatic N) is 1. The summed E-state index contributed by atoms with van der Waals surface area (Å²) in [6.07, 6.45) is 3.37. The standard InChI is InChI=1S/C24H19N3O3/c28-23(17-9-5-2-6-10-17)26-15-19-11-12-20-18(14-25-22(20)27-19)13-21(24(29)30)16-7-3-1-4-8-16/h1-14H,15H2,(H,25,27)(H,26,28)(H,29,30)/b21-13+. The number of aromatic amines is 1. The van der Waals surface area contributed by atoms with Gasteiger partial charge in [0.1, 0.15) is 5.65 Å². The van der Waals surface area contributed by atoms with E-state index < -0.39 is 5.97 Å². The molecule has 148 valence electrons. The number of fused-ring (bicyclic) bond motifs is 1. The number of hydrogen-bond donors (Lipinski definition) is 3. The molecule has 2 aromatic carbocycles. The Balaban J connectivity index is 1.56. The first-order valence-corrected chi connectivity index (χ1v) is 9.42. The molecule has 0 saturated carbocycles. The SMILES string of the molecule is O=C(O)/C(=C/c1c[nH]c2nc(CNC(=O)c3ccccc3)ccc12)c1ccccc1. The summed E-state index contributed by atoms with van der Waals surface area (Å²) in [6.45, 7) is 0.290. The largest absolute Gasteiger partial charge is 0.478 e. The third-order valence-electron chi connectivity index (χ3n) is 4.71. The van der Waals surface area contributed by atoms with E-state index in [4.69, 9.17) is 0 Å². The van der Waals surface area contributed by atoms with Crippen molar-refractivity contribution in [2.75, 3.05) is 0 Å².